The van der Waals surface area contributed by atoms with Gasteiger partial charge >= 0.3 is 6.18 Å². The van der Waals surface area contributed by atoms with E-state index < -0.39 is 11.7 Å². The van der Waals surface area contributed by atoms with Crippen LogP contribution in [-0.4, -0.2) is 62.9 Å². The number of piperazine rings is 1. The SMILES string of the molecule is CCN1CCN(Cc2ccc(CC(=O)c3ccc(C)c(C#Cc4cnc5cccnn45)c3)cc2C(F)(F)F)CC1. The lowest BCUT2D eigenvalue weighted by molar-refractivity contribution is -0.138. The van der Waals surface area contributed by atoms with E-state index in [0.717, 1.165) is 44.4 Å². The number of alkyl halides is 3. The van der Waals surface area contributed by atoms with Crippen LogP contribution in [0.25, 0.3) is 5.65 Å². The van der Waals surface area contributed by atoms with E-state index in [-0.39, 0.29) is 24.3 Å². The highest BCUT2D eigenvalue weighted by atomic mass is 19.4. The molecule has 0 radical (unpaired) electrons. The minimum absolute atomic E-state index is 0.133. The number of nitrogens with zero attached hydrogens (tertiary/aromatic N) is 5. The molecule has 1 saturated heterocycles. The molecule has 4 aromatic rings. The zero-order valence-electron chi connectivity index (χ0n) is 22.5. The second kappa shape index (κ2) is 11.6. The van der Waals surface area contributed by atoms with Gasteiger partial charge < -0.3 is 4.90 Å². The van der Waals surface area contributed by atoms with Crippen LogP contribution in [0, 0.1) is 18.8 Å². The van der Waals surface area contributed by atoms with Crippen LogP contribution in [0.5, 0.6) is 0 Å². The number of fused-ring (bicyclic) bond motifs is 1. The number of ketones is 1. The fraction of sp³-hybridized carbons (Fsp3) is 0.323. The molecule has 2 aromatic carbocycles. The molecule has 0 atom stereocenters. The number of rotatable bonds is 6. The normalized spacial score (nSPS) is 14.7. The maximum absolute atomic E-state index is 14.0. The molecule has 1 fully saturated rings. The van der Waals surface area contributed by atoms with Gasteiger partial charge in [-0.3, -0.25) is 9.69 Å². The smallest absolute Gasteiger partial charge is 0.301 e. The standard InChI is InChI=1S/C31H30F3N5O/c1-3-37-13-15-38(16-14-37)21-26-9-7-23(17-28(26)31(32,33)34)18-29(40)25-8-6-22(2)24(19-25)10-11-27-20-35-30-5-4-12-36-39(27)30/h4-9,12,17,19-20H,3,13-16,18,21H2,1-2H3. The van der Waals surface area contributed by atoms with E-state index >= 15 is 0 Å². The Morgan fingerprint density at radius 2 is 1.77 bits per heavy atom. The number of carbonyl (C=O) groups is 1. The molecule has 1 aliphatic rings. The van der Waals surface area contributed by atoms with Gasteiger partial charge in [-0.2, -0.15) is 18.3 Å². The summed E-state index contributed by atoms with van der Waals surface area (Å²) >= 11 is 0. The molecule has 2 aromatic heterocycles. The molecule has 0 amide bonds. The lowest BCUT2D eigenvalue weighted by atomic mass is 9.96. The van der Waals surface area contributed by atoms with Gasteiger partial charge in [0, 0.05) is 56.5 Å². The number of carbonyl (C=O) groups excluding carboxylic acids is 1. The number of Topliss-reactive ketones (excluding diaryl/α,β-unsaturated/α-hetero) is 1. The zero-order chi connectivity index (χ0) is 28.3. The molecule has 206 valence electrons. The number of hydrogen-bond acceptors (Lipinski definition) is 5. The molecule has 9 heteroatoms. The minimum atomic E-state index is -4.50. The zero-order valence-corrected chi connectivity index (χ0v) is 22.5. The molecule has 1 aliphatic heterocycles. The van der Waals surface area contributed by atoms with Crippen LogP contribution >= 0.6 is 0 Å². The molecular formula is C31H30F3N5O. The highest BCUT2D eigenvalue weighted by molar-refractivity contribution is 5.98. The molecule has 0 aliphatic carbocycles. The van der Waals surface area contributed by atoms with Gasteiger partial charge in [0.15, 0.2) is 11.4 Å². The Hall–Kier alpha value is -4.00. The molecule has 0 saturated carbocycles. The van der Waals surface area contributed by atoms with Gasteiger partial charge in [-0.1, -0.05) is 37.1 Å². The molecule has 0 spiro atoms. The highest BCUT2D eigenvalue weighted by Crippen LogP contribution is 2.34. The summed E-state index contributed by atoms with van der Waals surface area (Å²) in [5, 5.41) is 4.25. The van der Waals surface area contributed by atoms with Crippen LogP contribution < -0.4 is 0 Å². The summed E-state index contributed by atoms with van der Waals surface area (Å²) in [6, 6.07) is 13.1. The molecule has 0 bridgehead atoms. The van der Waals surface area contributed by atoms with E-state index in [1.54, 1.807) is 47.2 Å². The van der Waals surface area contributed by atoms with Crippen molar-refractivity contribution in [3.05, 3.63) is 100.0 Å². The van der Waals surface area contributed by atoms with Crippen molar-refractivity contribution < 1.29 is 18.0 Å². The van der Waals surface area contributed by atoms with E-state index in [0.29, 0.717) is 28.0 Å². The Labute approximate surface area is 231 Å². The van der Waals surface area contributed by atoms with Gasteiger partial charge in [0.2, 0.25) is 0 Å². The number of likely N-dealkylation sites (N-methyl/N-ethyl adjacent to an activating group) is 1. The van der Waals surface area contributed by atoms with Gasteiger partial charge in [-0.25, -0.2) is 9.50 Å². The highest BCUT2D eigenvalue weighted by Gasteiger charge is 2.34. The fourth-order valence-corrected chi connectivity index (χ4v) is 4.90. The summed E-state index contributed by atoms with van der Waals surface area (Å²) in [6.45, 7) is 8.33. The van der Waals surface area contributed by atoms with Gasteiger partial charge in [0.05, 0.1) is 11.8 Å². The number of halogens is 3. The number of aromatic nitrogens is 3. The Kier molecular flexibility index (Phi) is 8.01. The lowest BCUT2D eigenvalue weighted by Crippen LogP contribution is -2.45. The van der Waals surface area contributed by atoms with E-state index in [9.17, 15) is 18.0 Å². The van der Waals surface area contributed by atoms with Crippen molar-refractivity contribution in [2.75, 3.05) is 32.7 Å². The number of benzene rings is 2. The topological polar surface area (TPSA) is 53.7 Å². The summed E-state index contributed by atoms with van der Waals surface area (Å²) in [6.07, 6.45) is -1.36. The third kappa shape index (κ3) is 6.24. The minimum Gasteiger partial charge on any atom is -0.301 e. The Morgan fingerprint density at radius 3 is 2.52 bits per heavy atom. The third-order valence-electron chi connectivity index (χ3n) is 7.31. The Morgan fingerprint density at radius 1 is 1.00 bits per heavy atom. The molecule has 40 heavy (non-hydrogen) atoms. The molecular weight excluding hydrogens is 515 g/mol. The van der Waals surface area contributed by atoms with Gasteiger partial charge in [0.1, 0.15) is 5.69 Å². The summed E-state index contributed by atoms with van der Waals surface area (Å²) in [4.78, 5) is 21.8. The van der Waals surface area contributed by atoms with E-state index in [1.165, 1.54) is 6.07 Å². The monoisotopic (exact) mass is 545 g/mol. The summed E-state index contributed by atoms with van der Waals surface area (Å²) in [7, 11) is 0. The second-order valence-corrected chi connectivity index (χ2v) is 10.0. The fourth-order valence-electron chi connectivity index (χ4n) is 4.90. The molecule has 6 nitrogen and oxygen atoms in total. The van der Waals surface area contributed by atoms with E-state index in [4.69, 9.17) is 0 Å². The van der Waals surface area contributed by atoms with Crippen molar-refractivity contribution in [1.29, 1.82) is 0 Å². The first-order chi connectivity index (χ1) is 19.2. The van der Waals surface area contributed by atoms with E-state index in [1.807, 2.05) is 13.0 Å². The molecule has 0 N–H and O–H groups in total. The Bertz CT molecular complexity index is 1590. The lowest BCUT2D eigenvalue weighted by Gasteiger charge is -2.34. The first kappa shape index (κ1) is 27.6. The maximum atomic E-state index is 14.0. The van der Waals surface area contributed by atoms with Gasteiger partial charge in [0.25, 0.3) is 0 Å². The average Bonchev–Trinajstić information content (AvgIpc) is 3.36. The van der Waals surface area contributed by atoms with Crippen LogP contribution in [-0.2, 0) is 19.1 Å². The molecule has 0 unspecified atom stereocenters. The summed E-state index contributed by atoms with van der Waals surface area (Å²) in [5.74, 6) is 5.88. The van der Waals surface area contributed by atoms with Crippen LogP contribution in [0.1, 0.15) is 50.8 Å². The maximum Gasteiger partial charge on any atom is 0.416 e. The second-order valence-electron chi connectivity index (χ2n) is 10.0. The van der Waals surface area contributed by atoms with Gasteiger partial charge in [-0.15, -0.1) is 0 Å². The third-order valence-corrected chi connectivity index (χ3v) is 7.31. The van der Waals surface area contributed by atoms with Crippen LogP contribution in [0.15, 0.2) is 60.9 Å². The number of aryl methyl sites for hydroxylation is 1. The van der Waals surface area contributed by atoms with Crippen LogP contribution in [0.3, 0.4) is 0 Å². The number of hydrogen-bond donors (Lipinski definition) is 0. The average molecular weight is 546 g/mol. The predicted octanol–water partition coefficient (Wildman–Crippen LogP) is 5.02. The van der Waals surface area contributed by atoms with Crippen LogP contribution in [0.2, 0.25) is 0 Å². The van der Waals surface area contributed by atoms with E-state index in [2.05, 4.69) is 38.6 Å². The van der Waals surface area contributed by atoms with Crippen molar-refractivity contribution >= 4 is 11.4 Å². The Balaban J connectivity index is 1.33. The van der Waals surface area contributed by atoms with Crippen molar-refractivity contribution in [2.45, 2.75) is 33.0 Å². The predicted molar refractivity (Wildman–Crippen MR) is 147 cm³/mol. The first-order valence-electron chi connectivity index (χ1n) is 13.3. The van der Waals surface area contributed by atoms with Crippen molar-refractivity contribution in [3.8, 4) is 11.8 Å². The number of imidazole rings is 1. The molecule has 3 heterocycles. The summed E-state index contributed by atoms with van der Waals surface area (Å²) < 4.78 is 43.7. The van der Waals surface area contributed by atoms with Crippen molar-refractivity contribution in [1.82, 2.24) is 24.4 Å². The quantitative estimate of drug-likeness (QED) is 0.252. The van der Waals surface area contributed by atoms with Crippen molar-refractivity contribution in [2.24, 2.45) is 0 Å². The molecule has 5 rings (SSSR count). The van der Waals surface area contributed by atoms with Gasteiger partial charge in [-0.05, 0) is 60.3 Å². The largest absolute Gasteiger partial charge is 0.416 e. The summed E-state index contributed by atoms with van der Waals surface area (Å²) in [5.41, 5.74) is 3.13. The van der Waals surface area contributed by atoms with Crippen molar-refractivity contribution in [3.63, 3.8) is 0 Å². The first-order valence-corrected chi connectivity index (χ1v) is 13.3. The van der Waals surface area contributed by atoms with Crippen LogP contribution in [0.4, 0.5) is 13.2 Å².